The normalized spacial score (nSPS) is 14.6. The molecule has 0 rings (SSSR count). The fourth-order valence-electron chi connectivity index (χ4n) is 5.70. The van der Waals surface area contributed by atoms with Crippen LogP contribution in [0.2, 0.25) is 0 Å². The number of phosphoric acid groups is 1. The van der Waals surface area contributed by atoms with Crippen LogP contribution in [0.4, 0.5) is 0 Å². The lowest BCUT2D eigenvalue weighted by atomic mass is 10.1. The van der Waals surface area contributed by atoms with Gasteiger partial charge in [-0.2, -0.15) is 0 Å². The number of unbranched alkanes of at least 4 members (excludes halogenated alkanes) is 14. The fraction of sp³-hybridized carbons (Fsp3) is 0.667. The number of rotatable bonds is 42. The molecule has 3 atom stereocenters. The standard InChI is InChI=1S/C48H82NO9P/c1-3-5-7-9-11-13-15-17-19-21-22-23-24-25-26-28-30-32-34-36-38-40-47(50)58-45(43-56-59(53,54)57-44-46(49)48(51)52)42-55-41-39-37-35-33-31-29-27-20-18-16-14-12-10-8-6-4-2/h6,8,12,14-15,17-18,20-22,29,31,35,37,45-46H,3-5,7,9-11,13,16,19,23-28,30,32-34,36,38-44,49H2,1-2H3,(H,51,52)(H,53,54)/b8-6-,14-12-,17-15-,20-18-,22-21-,31-29-,37-35-. The molecule has 0 aromatic carbocycles. The first-order valence-corrected chi connectivity index (χ1v) is 24.1. The van der Waals surface area contributed by atoms with Gasteiger partial charge in [0.05, 0.1) is 26.4 Å². The zero-order valence-corrected chi connectivity index (χ0v) is 37.7. The first-order valence-electron chi connectivity index (χ1n) is 22.6. The Hall–Kier alpha value is -2.85. The van der Waals surface area contributed by atoms with Crippen LogP contribution in [0.25, 0.3) is 0 Å². The maximum atomic E-state index is 12.6. The molecule has 59 heavy (non-hydrogen) atoms. The van der Waals surface area contributed by atoms with Crippen LogP contribution in [0.3, 0.4) is 0 Å². The molecule has 0 amide bonds. The summed E-state index contributed by atoms with van der Waals surface area (Å²) in [5, 5.41) is 8.90. The van der Waals surface area contributed by atoms with Crippen LogP contribution in [0.15, 0.2) is 85.1 Å². The second kappa shape index (κ2) is 43.2. The molecule has 3 unspecified atom stereocenters. The van der Waals surface area contributed by atoms with Gasteiger partial charge in [0.1, 0.15) is 12.1 Å². The molecule has 0 aliphatic rings. The Balaban J connectivity index is 4.32. The number of hydrogen-bond acceptors (Lipinski definition) is 8. The van der Waals surface area contributed by atoms with Crippen LogP contribution in [-0.4, -0.2) is 60.5 Å². The zero-order valence-electron chi connectivity index (χ0n) is 36.8. The predicted molar refractivity (Wildman–Crippen MR) is 244 cm³/mol. The van der Waals surface area contributed by atoms with Gasteiger partial charge in [-0.3, -0.25) is 18.6 Å². The van der Waals surface area contributed by atoms with Gasteiger partial charge in [-0.15, -0.1) is 0 Å². The number of allylic oxidation sites excluding steroid dienone is 13. The molecule has 10 nitrogen and oxygen atoms in total. The number of carbonyl (C=O) groups excluding carboxylic acids is 1. The van der Waals surface area contributed by atoms with Crippen LogP contribution in [0.1, 0.15) is 168 Å². The van der Waals surface area contributed by atoms with Crippen molar-refractivity contribution in [1.82, 2.24) is 0 Å². The molecule has 0 saturated carbocycles. The van der Waals surface area contributed by atoms with Gasteiger partial charge in [0.15, 0.2) is 0 Å². The Morgan fingerprint density at radius 3 is 1.47 bits per heavy atom. The Morgan fingerprint density at radius 1 is 0.559 bits per heavy atom. The monoisotopic (exact) mass is 848 g/mol. The Bertz CT molecular complexity index is 1260. The first-order chi connectivity index (χ1) is 28.7. The minimum atomic E-state index is -4.64. The SMILES string of the molecule is CC/C=C\C/C=C\C/C=C\C/C=C\C/C=C\CCOCC(COP(=O)(O)OCC(N)C(=O)O)OC(=O)CCCCCCCCCCC/C=C\C/C=C\CCCCCCC. The van der Waals surface area contributed by atoms with E-state index in [-0.39, 0.29) is 13.0 Å². The van der Waals surface area contributed by atoms with Gasteiger partial charge in [-0.1, -0.05) is 170 Å². The number of ether oxygens (including phenoxy) is 2. The largest absolute Gasteiger partial charge is 0.480 e. The number of esters is 1. The van der Waals surface area contributed by atoms with Gasteiger partial charge in [-0.25, -0.2) is 4.57 Å². The predicted octanol–water partition coefficient (Wildman–Crippen LogP) is 12.8. The summed E-state index contributed by atoms with van der Waals surface area (Å²) in [6, 6.07) is -1.49. The maximum Gasteiger partial charge on any atom is 0.472 e. The number of phosphoric ester groups is 1. The maximum absolute atomic E-state index is 12.6. The second-order valence-corrected chi connectivity index (χ2v) is 16.2. The quantitative estimate of drug-likeness (QED) is 0.0234. The highest BCUT2D eigenvalue weighted by Gasteiger charge is 2.27. The van der Waals surface area contributed by atoms with Crippen molar-refractivity contribution in [3.63, 3.8) is 0 Å². The van der Waals surface area contributed by atoms with Crippen LogP contribution in [0, 0.1) is 0 Å². The van der Waals surface area contributed by atoms with Crippen molar-refractivity contribution in [3.05, 3.63) is 85.1 Å². The highest BCUT2D eigenvalue weighted by atomic mass is 31.2. The Kier molecular flexibility index (Phi) is 41.2. The van der Waals surface area contributed by atoms with Gasteiger partial charge >= 0.3 is 19.8 Å². The third-order valence-electron chi connectivity index (χ3n) is 9.18. The average molecular weight is 848 g/mol. The fourth-order valence-corrected chi connectivity index (χ4v) is 6.48. The van der Waals surface area contributed by atoms with Crippen molar-refractivity contribution in [2.75, 3.05) is 26.4 Å². The van der Waals surface area contributed by atoms with Gasteiger partial charge in [0.25, 0.3) is 0 Å². The van der Waals surface area contributed by atoms with Gasteiger partial charge in [0.2, 0.25) is 0 Å². The number of nitrogens with two attached hydrogens (primary N) is 1. The van der Waals surface area contributed by atoms with Crippen molar-refractivity contribution >= 4 is 19.8 Å². The molecule has 0 heterocycles. The van der Waals surface area contributed by atoms with Crippen molar-refractivity contribution in [3.8, 4) is 0 Å². The third kappa shape index (κ3) is 43.1. The topological polar surface area (TPSA) is 155 Å². The lowest BCUT2D eigenvalue weighted by Crippen LogP contribution is -2.34. The molecule has 0 aliphatic heterocycles. The average Bonchev–Trinajstić information content (AvgIpc) is 3.21. The molecule has 0 spiro atoms. The lowest BCUT2D eigenvalue weighted by Gasteiger charge is -2.20. The number of carboxylic acids is 1. The molecule has 4 N–H and O–H groups in total. The van der Waals surface area contributed by atoms with E-state index in [2.05, 4.69) is 92.8 Å². The molecule has 0 aromatic heterocycles. The highest BCUT2D eigenvalue weighted by molar-refractivity contribution is 7.47. The van der Waals surface area contributed by atoms with E-state index < -0.39 is 45.1 Å². The molecule has 0 radical (unpaired) electrons. The van der Waals surface area contributed by atoms with Crippen LogP contribution < -0.4 is 5.73 Å². The van der Waals surface area contributed by atoms with Gasteiger partial charge in [-0.05, 0) is 77.0 Å². The highest BCUT2D eigenvalue weighted by Crippen LogP contribution is 2.43. The number of hydrogen-bond donors (Lipinski definition) is 3. The van der Waals surface area contributed by atoms with E-state index in [0.717, 1.165) is 64.2 Å². The summed E-state index contributed by atoms with van der Waals surface area (Å²) in [6.45, 7) is 3.52. The van der Waals surface area contributed by atoms with Crippen molar-refractivity contribution in [1.29, 1.82) is 0 Å². The molecule has 0 aromatic rings. The van der Waals surface area contributed by atoms with Gasteiger partial charge in [0, 0.05) is 6.42 Å². The van der Waals surface area contributed by atoms with E-state index in [1.54, 1.807) is 0 Å². The van der Waals surface area contributed by atoms with Crippen LogP contribution in [0.5, 0.6) is 0 Å². The van der Waals surface area contributed by atoms with Crippen molar-refractivity contribution in [2.24, 2.45) is 5.73 Å². The van der Waals surface area contributed by atoms with Crippen LogP contribution in [-0.2, 0) is 32.7 Å². The Morgan fingerprint density at radius 2 is 0.983 bits per heavy atom. The zero-order chi connectivity index (χ0) is 43.3. The van der Waals surface area contributed by atoms with Gasteiger partial charge < -0.3 is 25.2 Å². The van der Waals surface area contributed by atoms with Crippen molar-refractivity contribution in [2.45, 2.75) is 180 Å². The summed E-state index contributed by atoms with van der Waals surface area (Å²) in [5.74, 6) is -1.82. The first kappa shape index (κ1) is 56.1. The van der Waals surface area contributed by atoms with E-state index in [1.807, 2.05) is 6.08 Å². The Labute approximate surface area is 358 Å². The lowest BCUT2D eigenvalue weighted by molar-refractivity contribution is -0.154. The summed E-state index contributed by atoms with van der Waals surface area (Å²) < 4.78 is 33.3. The summed E-state index contributed by atoms with van der Waals surface area (Å²) in [6.07, 6.45) is 55.2. The summed E-state index contributed by atoms with van der Waals surface area (Å²) in [4.78, 5) is 33.6. The van der Waals surface area contributed by atoms with Crippen LogP contribution >= 0.6 is 7.82 Å². The van der Waals surface area contributed by atoms with E-state index in [0.29, 0.717) is 19.4 Å². The molecule has 338 valence electrons. The molecular formula is C48H82NO9P. The van der Waals surface area contributed by atoms with E-state index in [4.69, 9.17) is 29.4 Å². The number of carbonyl (C=O) groups is 2. The summed E-state index contributed by atoms with van der Waals surface area (Å²) in [7, 11) is -4.64. The third-order valence-corrected chi connectivity index (χ3v) is 10.1. The molecule has 0 saturated heterocycles. The second-order valence-electron chi connectivity index (χ2n) is 14.8. The van der Waals surface area contributed by atoms with E-state index in [1.165, 1.54) is 70.6 Å². The summed E-state index contributed by atoms with van der Waals surface area (Å²) in [5.41, 5.74) is 5.35. The minimum absolute atomic E-state index is 0.0436. The molecule has 0 fully saturated rings. The minimum Gasteiger partial charge on any atom is -0.480 e. The molecule has 0 bridgehead atoms. The number of carboxylic acid groups (broad SMARTS) is 1. The molecular weight excluding hydrogens is 765 g/mol. The molecule has 0 aliphatic carbocycles. The van der Waals surface area contributed by atoms with E-state index in [9.17, 15) is 19.0 Å². The summed E-state index contributed by atoms with van der Waals surface area (Å²) >= 11 is 0. The number of aliphatic carboxylic acids is 1. The van der Waals surface area contributed by atoms with E-state index >= 15 is 0 Å². The molecule has 11 heteroatoms. The van der Waals surface area contributed by atoms with Crippen molar-refractivity contribution < 1.29 is 42.7 Å². The smallest absolute Gasteiger partial charge is 0.472 e.